The van der Waals surface area contributed by atoms with Crippen molar-refractivity contribution in [1.82, 2.24) is 9.80 Å². The van der Waals surface area contributed by atoms with Crippen molar-refractivity contribution in [1.29, 1.82) is 5.26 Å². The van der Waals surface area contributed by atoms with Crippen LogP contribution in [-0.2, 0) is 36.9 Å². The van der Waals surface area contributed by atoms with Gasteiger partial charge in [-0.15, -0.1) is 0 Å². The van der Waals surface area contributed by atoms with Crippen LogP contribution in [0.4, 0.5) is 0 Å². The van der Waals surface area contributed by atoms with Gasteiger partial charge in [-0.1, -0.05) is 60.7 Å². The Labute approximate surface area is 245 Å². The first kappa shape index (κ1) is 29.1. The maximum Gasteiger partial charge on any atom is 0.311 e. The average Bonchev–Trinajstić information content (AvgIpc) is 3.66. The van der Waals surface area contributed by atoms with E-state index in [2.05, 4.69) is 12.1 Å². The summed E-state index contributed by atoms with van der Waals surface area (Å²) in [5.74, 6) is -1.53. The normalized spacial score (nSPS) is 21.7. The molecule has 5 rings (SSSR count). The number of furan rings is 1. The van der Waals surface area contributed by atoms with Crippen LogP contribution in [-0.4, -0.2) is 59.4 Å². The number of hydrogen-bond donors (Lipinski definition) is 0. The second-order valence-corrected chi connectivity index (χ2v) is 10.8. The second kappa shape index (κ2) is 13.5. The molecule has 2 aromatic carbocycles. The highest BCUT2D eigenvalue weighted by molar-refractivity contribution is 6.00. The molecule has 3 aromatic rings. The molecule has 1 aromatic heterocycles. The second-order valence-electron chi connectivity index (χ2n) is 10.8. The van der Waals surface area contributed by atoms with Gasteiger partial charge in [0.25, 0.3) is 5.91 Å². The number of benzene rings is 2. The molecule has 9 heteroatoms. The number of unbranched alkanes of at least 4 members (excludes halogenated alkanes) is 1. The van der Waals surface area contributed by atoms with Crippen LogP contribution < -0.4 is 0 Å². The Bertz CT molecular complexity index is 1390. The van der Waals surface area contributed by atoms with Gasteiger partial charge in [0.15, 0.2) is 0 Å². The third-order valence-corrected chi connectivity index (χ3v) is 7.99. The van der Waals surface area contributed by atoms with E-state index >= 15 is 0 Å². The Morgan fingerprint density at radius 1 is 1.00 bits per heavy atom. The number of carbonyl (C=O) groups is 3. The van der Waals surface area contributed by atoms with Crippen LogP contribution in [0, 0.1) is 17.2 Å². The summed E-state index contributed by atoms with van der Waals surface area (Å²) >= 11 is 0. The van der Waals surface area contributed by atoms with E-state index in [4.69, 9.17) is 19.2 Å². The number of aryl methyl sites for hydroxylation is 1. The molecule has 2 amide bonds. The van der Waals surface area contributed by atoms with Gasteiger partial charge in [-0.05, 0) is 48.9 Å². The molecule has 218 valence electrons. The molecule has 0 saturated carbocycles. The van der Waals surface area contributed by atoms with E-state index in [0.717, 1.165) is 24.8 Å². The predicted octanol–water partition coefficient (Wildman–Crippen LogP) is 4.45. The summed E-state index contributed by atoms with van der Waals surface area (Å²) in [6.45, 7) is 0.444. The maximum absolute atomic E-state index is 14.4. The Kier molecular flexibility index (Phi) is 9.35. The highest BCUT2D eigenvalue weighted by atomic mass is 16.5. The summed E-state index contributed by atoms with van der Waals surface area (Å²) < 4.78 is 17.3. The molecule has 0 spiro atoms. The van der Waals surface area contributed by atoms with E-state index in [-0.39, 0.29) is 51.0 Å². The zero-order valence-electron chi connectivity index (χ0n) is 23.5. The number of fused-ring (bicyclic) bond motifs is 1. The van der Waals surface area contributed by atoms with Crippen molar-refractivity contribution >= 4 is 17.8 Å². The van der Waals surface area contributed by atoms with Gasteiger partial charge in [-0.3, -0.25) is 14.4 Å². The smallest absolute Gasteiger partial charge is 0.311 e. The molecule has 2 saturated heterocycles. The number of esters is 1. The van der Waals surface area contributed by atoms with E-state index in [1.807, 2.05) is 54.6 Å². The van der Waals surface area contributed by atoms with Gasteiger partial charge in [0, 0.05) is 6.54 Å². The van der Waals surface area contributed by atoms with Crippen LogP contribution in [0.1, 0.15) is 48.6 Å². The van der Waals surface area contributed by atoms with E-state index < -0.39 is 23.5 Å². The first-order valence-electron chi connectivity index (χ1n) is 14.4. The minimum absolute atomic E-state index is 0.0314. The van der Waals surface area contributed by atoms with Crippen molar-refractivity contribution < 1.29 is 28.3 Å². The number of ether oxygens (including phenoxy) is 2. The number of carbonyl (C=O) groups excluding carboxylic acids is 3. The van der Waals surface area contributed by atoms with Gasteiger partial charge in [0.2, 0.25) is 5.91 Å². The number of nitriles is 1. The lowest BCUT2D eigenvalue weighted by Crippen LogP contribution is -2.67. The van der Waals surface area contributed by atoms with E-state index in [1.165, 1.54) is 16.7 Å². The minimum Gasteiger partial charge on any atom is -0.467 e. The van der Waals surface area contributed by atoms with Crippen molar-refractivity contribution in [2.75, 3.05) is 26.3 Å². The van der Waals surface area contributed by atoms with E-state index in [0.29, 0.717) is 12.3 Å². The molecule has 0 N–H and O–H groups in total. The molecule has 3 atom stereocenters. The standard InChI is InChI=1S/C33H35N3O6/c34-17-10-20-42-31(38)27-21-33(24-40-23-26-14-5-2-6-15-26)32(39)35(18-8-7-13-25-11-3-1-4-12-25)22-29(37)36(33)30(27)28-16-9-19-41-28/h1-6,9,11-12,14-16,19,27,30H,7-8,10,13,18,20-24H2. The van der Waals surface area contributed by atoms with Gasteiger partial charge < -0.3 is 23.7 Å². The number of piperazine rings is 1. The molecular weight excluding hydrogens is 534 g/mol. The predicted molar refractivity (Wildman–Crippen MR) is 152 cm³/mol. The molecule has 3 heterocycles. The summed E-state index contributed by atoms with van der Waals surface area (Å²) in [6, 6.07) is 24.3. The van der Waals surface area contributed by atoms with Crippen molar-refractivity contribution in [3.63, 3.8) is 0 Å². The zero-order valence-corrected chi connectivity index (χ0v) is 23.5. The molecule has 42 heavy (non-hydrogen) atoms. The molecule has 0 bridgehead atoms. The van der Waals surface area contributed by atoms with Crippen LogP contribution in [0.15, 0.2) is 83.5 Å². The van der Waals surface area contributed by atoms with Crippen molar-refractivity contribution in [2.24, 2.45) is 5.92 Å². The molecule has 3 unspecified atom stereocenters. The quantitative estimate of drug-likeness (QED) is 0.221. The van der Waals surface area contributed by atoms with Crippen LogP contribution in [0.3, 0.4) is 0 Å². The molecule has 2 aliphatic rings. The Morgan fingerprint density at radius 2 is 1.74 bits per heavy atom. The van der Waals surface area contributed by atoms with E-state index in [9.17, 15) is 14.4 Å². The number of hydrogen-bond acceptors (Lipinski definition) is 7. The number of amides is 2. The Hall–Kier alpha value is -4.42. The van der Waals surface area contributed by atoms with Crippen LogP contribution in [0.25, 0.3) is 0 Å². The largest absolute Gasteiger partial charge is 0.467 e. The van der Waals surface area contributed by atoms with Crippen LogP contribution in [0.5, 0.6) is 0 Å². The lowest BCUT2D eigenvalue weighted by Gasteiger charge is -2.46. The average molecular weight is 570 g/mol. The zero-order chi connectivity index (χ0) is 29.4. The highest BCUT2D eigenvalue weighted by Gasteiger charge is 2.64. The molecule has 9 nitrogen and oxygen atoms in total. The van der Waals surface area contributed by atoms with Gasteiger partial charge in [-0.25, -0.2) is 0 Å². The monoisotopic (exact) mass is 569 g/mol. The van der Waals surface area contributed by atoms with Gasteiger partial charge in [-0.2, -0.15) is 5.26 Å². The lowest BCUT2D eigenvalue weighted by atomic mass is 9.88. The fraction of sp³-hybridized carbons (Fsp3) is 0.394. The lowest BCUT2D eigenvalue weighted by molar-refractivity contribution is -0.169. The van der Waals surface area contributed by atoms with Gasteiger partial charge in [0.05, 0.1) is 44.4 Å². The third-order valence-electron chi connectivity index (χ3n) is 7.99. The molecule has 0 radical (unpaired) electrons. The third kappa shape index (κ3) is 6.24. The molecule has 2 fully saturated rings. The summed E-state index contributed by atoms with van der Waals surface area (Å²) in [5.41, 5.74) is 0.756. The van der Waals surface area contributed by atoms with Crippen molar-refractivity contribution in [2.45, 2.75) is 50.3 Å². The van der Waals surface area contributed by atoms with Crippen LogP contribution in [0.2, 0.25) is 0 Å². The Morgan fingerprint density at radius 3 is 2.43 bits per heavy atom. The molecular formula is C33H35N3O6. The molecule has 0 aliphatic carbocycles. The highest BCUT2D eigenvalue weighted by Crippen LogP contribution is 2.50. The maximum atomic E-state index is 14.4. The van der Waals surface area contributed by atoms with Crippen molar-refractivity contribution in [3.05, 3.63) is 95.9 Å². The van der Waals surface area contributed by atoms with Crippen LogP contribution >= 0.6 is 0 Å². The summed E-state index contributed by atoms with van der Waals surface area (Å²) in [7, 11) is 0. The molecule has 2 aliphatic heterocycles. The summed E-state index contributed by atoms with van der Waals surface area (Å²) in [4.78, 5) is 44.7. The fourth-order valence-corrected chi connectivity index (χ4v) is 6.07. The van der Waals surface area contributed by atoms with E-state index in [1.54, 1.807) is 17.0 Å². The first-order chi connectivity index (χ1) is 20.5. The van der Waals surface area contributed by atoms with Gasteiger partial charge in [0.1, 0.15) is 23.9 Å². The minimum atomic E-state index is -1.40. The van der Waals surface area contributed by atoms with Gasteiger partial charge >= 0.3 is 5.97 Å². The SMILES string of the molecule is N#CCCOC(=O)C1CC2(COCc3ccccc3)C(=O)N(CCCCc3ccccc3)CC(=O)N2C1c1ccco1. The number of rotatable bonds is 13. The van der Waals surface area contributed by atoms with Crippen molar-refractivity contribution in [3.8, 4) is 6.07 Å². The Balaban J connectivity index is 1.40. The fourth-order valence-electron chi connectivity index (χ4n) is 6.07. The summed E-state index contributed by atoms with van der Waals surface area (Å²) in [5, 5.41) is 8.92. The first-order valence-corrected chi connectivity index (χ1v) is 14.4. The summed E-state index contributed by atoms with van der Waals surface area (Å²) in [6.07, 6.45) is 4.04. The topological polar surface area (TPSA) is 113 Å². The number of nitrogens with zero attached hydrogens (tertiary/aromatic N) is 3.